The molecule has 2 atom stereocenters. The van der Waals surface area contributed by atoms with Gasteiger partial charge in [-0.2, -0.15) is 4.98 Å². The summed E-state index contributed by atoms with van der Waals surface area (Å²) in [7, 11) is 0. The van der Waals surface area contributed by atoms with Crippen LogP contribution in [-0.2, 0) is 18.7 Å². The highest BCUT2D eigenvalue weighted by molar-refractivity contribution is 7.98. The van der Waals surface area contributed by atoms with Crippen molar-refractivity contribution in [3.63, 3.8) is 0 Å². The van der Waals surface area contributed by atoms with E-state index in [1.165, 1.54) is 6.42 Å². The third-order valence-electron chi connectivity index (χ3n) is 5.78. The number of hydrogen-bond acceptors (Lipinski definition) is 8. The number of nitrogens with zero attached hydrogens (tertiary/aromatic N) is 6. The summed E-state index contributed by atoms with van der Waals surface area (Å²) in [5.74, 6) is 4.82. The molecule has 0 N–H and O–H groups in total. The van der Waals surface area contributed by atoms with Gasteiger partial charge in [-0.3, -0.25) is 4.57 Å². The fraction of sp³-hybridized carbons (Fsp3) is 0.417. The van der Waals surface area contributed by atoms with E-state index in [1.807, 2.05) is 30.3 Å². The van der Waals surface area contributed by atoms with Gasteiger partial charge in [-0.15, -0.1) is 10.2 Å². The molecule has 1 fully saturated rings. The normalized spacial score (nSPS) is 18.7. The standard InChI is InChI=1S/C24H28N6O2S/c1-17-11-18(2)14-29(13-17)23-26-27-24(30(23)15-20-9-6-10-31-20)33-16-22-25-21(28-32-22)12-19-7-4-3-5-8-19/h3-10,17-18H,11-16H2,1-2H3. The summed E-state index contributed by atoms with van der Waals surface area (Å²) in [4.78, 5) is 6.91. The van der Waals surface area contributed by atoms with Crippen molar-refractivity contribution in [2.24, 2.45) is 11.8 Å². The van der Waals surface area contributed by atoms with Gasteiger partial charge in [-0.25, -0.2) is 0 Å². The highest BCUT2D eigenvalue weighted by atomic mass is 32.2. The van der Waals surface area contributed by atoms with Gasteiger partial charge in [0.1, 0.15) is 5.76 Å². The van der Waals surface area contributed by atoms with E-state index >= 15 is 0 Å². The summed E-state index contributed by atoms with van der Waals surface area (Å²) in [6.45, 7) is 7.15. The third-order valence-corrected chi connectivity index (χ3v) is 6.73. The van der Waals surface area contributed by atoms with Crippen molar-refractivity contribution < 1.29 is 8.94 Å². The molecule has 1 saturated heterocycles. The van der Waals surface area contributed by atoms with Crippen LogP contribution in [0.15, 0.2) is 62.8 Å². The van der Waals surface area contributed by atoms with Gasteiger partial charge in [0, 0.05) is 19.5 Å². The molecule has 33 heavy (non-hydrogen) atoms. The van der Waals surface area contributed by atoms with Crippen molar-refractivity contribution >= 4 is 17.7 Å². The second-order valence-corrected chi connectivity index (χ2v) is 9.80. The molecule has 0 saturated carbocycles. The molecule has 0 aliphatic carbocycles. The Kier molecular flexibility index (Phi) is 6.48. The summed E-state index contributed by atoms with van der Waals surface area (Å²) in [5, 5.41) is 14.0. The second kappa shape index (κ2) is 9.82. The molecule has 0 radical (unpaired) electrons. The third kappa shape index (κ3) is 5.30. The van der Waals surface area contributed by atoms with Crippen LogP contribution in [0.25, 0.3) is 0 Å². The molecule has 4 heterocycles. The van der Waals surface area contributed by atoms with E-state index in [4.69, 9.17) is 8.94 Å². The first kappa shape index (κ1) is 21.8. The Hall–Kier alpha value is -3.07. The summed E-state index contributed by atoms with van der Waals surface area (Å²) in [6.07, 6.45) is 3.59. The van der Waals surface area contributed by atoms with Gasteiger partial charge in [0.25, 0.3) is 0 Å². The molecule has 5 rings (SSSR count). The number of aromatic nitrogens is 5. The minimum atomic E-state index is 0.533. The number of thioether (sulfide) groups is 1. The Bertz CT molecular complexity index is 1150. The summed E-state index contributed by atoms with van der Waals surface area (Å²) in [6, 6.07) is 14.0. The molecule has 3 aromatic heterocycles. The number of anilines is 1. The molecule has 0 bridgehead atoms. The van der Waals surface area contributed by atoms with E-state index in [0.717, 1.165) is 35.5 Å². The maximum absolute atomic E-state index is 5.62. The van der Waals surface area contributed by atoms with E-state index in [9.17, 15) is 0 Å². The fourth-order valence-electron chi connectivity index (χ4n) is 4.47. The van der Waals surface area contributed by atoms with Gasteiger partial charge in [0.15, 0.2) is 11.0 Å². The highest BCUT2D eigenvalue weighted by Gasteiger charge is 2.27. The van der Waals surface area contributed by atoms with Crippen LogP contribution in [0.2, 0.25) is 0 Å². The van der Waals surface area contributed by atoms with Crippen molar-refractivity contribution in [3.8, 4) is 0 Å². The van der Waals surface area contributed by atoms with Gasteiger partial charge >= 0.3 is 0 Å². The maximum atomic E-state index is 5.62. The van der Waals surface area contributed by atoms with Gasteiger partial charge < -0.3 is 13.8 Å². The minimum absolute atomic E-state index is 0.533. The minimum Gasteiger partial charge on any atom is -0.467 e. The first-order valence-electron chi connectivity index (χ1n) is 11.3. The molecule has 2 unspecified atom stereocenters. The Morgan fingerprint density at radius 2 is 1.85 bits per heavy atom. The molecular formula is C24H28N6O2S. The van der Waals surface area contributed by atoms with Crippen LogP contribution in [0.3, 0.4) is 0 Å². The molecule has 9 heteroatoms. The average Bonchev–Trinajstić information content (AvgIpc) is 3.55. The van der Waals surface area contributed by atoms with E-state index < -0.39 is 0 Å². The van der Waals surface area contributed by atoms with E-state index in [1.54, 1.807) is 18.0 Å². The zero-order valence-electron chi connectivity index (χ0n) is 18.9. The van der Waals surface area contributed by atoms with E-state index in [-0.39, 0.29) is 0 Å². The highest BCUT2D eigenvalue weighted by Crippen LogP contribution is 2.30. The monoisotopic (exact) mass is 464 g/mol. The predicted octanol–water partition coefficient (Wildman–Crippen LogP) is 4.67. The van der Waals surface area contributed by atoms with Crippen LogP contribution < -0.4 is 4.90 Å². The van der Waals surface area contributed by atoms with Crippen LogP contribution in [0.5, 0.6) is 0 Å². The summed E-state index contributed by atoms with van der Waals surface area (Å²) < 4.78 is 13.2. The summed E-state index contributed by atoms with van der Waals surface area (Å²) >= 11 is 1.55. The van der Waals surface area contributed by atoms with Crippen molar-refractivity contribution in [1.82, 2.24) is 24.9 Å². The number of benzene rings is 1. The SMILES string of the molecule is CC1CC(C)CN(c2nnc(SCc3nc(Cc4ccccc4)no3)n2Cc2ccco2)C1. The largest absolute Gasteiger partial charge is 0.467 e. The van der Waals surface area contributed by atoms with Crippen LogP contribution in [0.1, 0.15) is 43.3 Å². The molecule has 1 aliphatic rings. The van der Waals surface area contributed by atoms with Gasteiger partial charge in [-0.05, 0) is 36.0 Å². The smallest absolute Gasteiger partial charge is 0.237 e. The summed E-state index contributed by atoms with van der Waals surface area (Å²) in [5.41, 5.74) is 1.16. The lowest BCUT2D eigenvalue weighted by Crippen LogP contribution is -2.40. The zero-order chi connectivity index (χ0) is 22.6. The first-order valence-corrected chi connectivity index (χ1v) is 12.3. The van der Waals surface area contributed by atoms with Crippen LogP contribution in [-0.4, -0.2) is 38.0 Å². The molecule has 8 nitrogen and oxygen atoms in total. The lowest BCUT2D eigenvalue weighted by Gasteiger charge is -2.35. The Balaban J connectivity index is 1.32. The van der Waals surface area contributed by atoms with E-state index in [0.29, 0.717) is 42.3 Å². The van der Waals surface area contributed by atoms with Crippen molar-refractivity contribution in [2.45, 2.75) is 44.1 Å². The number of rotatable bonds is 8. The number of piperidine rings is 1. The van der Waals surface area contributed by atoms with Crippen LogP contribution in [0.4, 0.5) is 5.95 Å². The Morgan fingerprint density at radius 1 is 1.03 bits per heavy atom. The molecular weight excluding hydrogens is 436 g/mol. The lowest BCUT2D eigenvalue weighted by molar-refractivity contribution is 0.350. The second-order valence-electron chi connectivity index (χ2n) is 8.85. The predicted molar refractivity (Wildman–Crippen MR) is 126 cm³/mol. The fourth-order valence-corrected chi connectivity index (χ4v) is 5.24. The van der Waals surface area contributed by atoms with Crippen molar-refractivity contribution in [2.75, 3.05) is 18.0 Å². The molecule has 0 spiro atoms. The first-order chi connectivity index (χ1) is 16.1. The van der Waals surface area contributed by atoms with Gasteiger partial charge in [0.05, 0.1) is 18.6 Å². The van der Waals surface area contributed by atoms with Crippen molar-refractivity contribution in [1.29, 1.82) is 0 Å². The van der Waals surface area contributed by atoms with Crippen LogP contribution >= 0.6 is 11.8 Å². The average molecular weight is 465 g/mol. The molecule has 1 aromatic carbocycles. The Morgan fingerprint density at radius 3 is 2.61 bits per heavy atom. The number of hydrogen-bond donors (Lipinski definition) is 0. The Labute approximate surface area is 197 Å². The zero-order valence-corrected chi connectivity index (χ0v) is 19.7. The van der Waals surface area contributed by atoms with Crippen LogP contribution in [0, 0.1) is 11.8 Å². The molecule has 1 aliphatic heterocycles. The number of furan rings is 1. The topological polar surface area (TPSA) is 86.0 Å². The quantitative estimate of drug-likeness (QED) is 0.348. The molecule has 0 amide bonds. The maximum Gasteiger partial charge on any atom is 0.237 e. The van der Waals surface area contributed by atoms with Gasteiger partial charge in [-0.1, -0.05) is 61.1 Å². The molecule has 4 aromatic rings. The lowest BCUT2D eigenvalue weighted by atomic mass is 9.92. The van der Waals surface area contributed by atoms with Crippen molar-refractivity contribution in [3.05, 3.63) is 71.8 Å². The molecule has 172 valence electrons. The van der Waals surface area contributed by atoms with Gasteiger partial charge in [0.2, 0.25) is 11.8 Å². The van der Waals surface area contributed by atoms with E-state index in [2.05, 4.69) is 55.8 Å².